The molecule has 0 heterocycles. The van der Waals surface area contributed by atoms with Gasteiger partial charge in [0, 0.05) is 5.41 Å². The molecule has 2 aromatic carbocycles. The highest BCUT2D eigenvalue weighted by atomic mass is 16.5. The van der Waals surface area contributed by atoms with Crippen molar-refractivity contribution in [2.24, 2.45) is 5.41 Å². The fourth-order valence-electron chi connectivity index (χ4n) is 2.68. The van der Waals surface area contributed by atoms with Gasteiger partial charge in [0.05, 0.1) is 20.3 Å². The summed E-state index contributed by atoms with van der Waals surface area (Å²) in [5, 5.41) is 5.71. The number of hydrogen-bond acceptors (Lipinski definition) is 4. The topological polar surface area (TPSA) is 76.7 Å². The first kappa shape index (κ1) is 23.0. The molecule has 2 rings (SSSR count). The van der Waals surface area contributed by atoms with E-state index in [-0.39, 0.29) is 23.6 Å². The predicted molar refractivity (Wildman–Crippen MR) is 118 cm³/mol. The molecular formula is C24H30N2O4. The molecule has 0 saturated carbocycles. The fraction of sp³-hybridized carbons (Fsp3) is 0.333. The number of methoxy groups -OCH3 is 2. The van der Waals surface area contributed by atoms with Gasteiger partial charge in [-0.3, -0.25) is 9.59 Å². The van der Waals surface area contributed by atoms with Gasteiger partial charge in [0.2, 0.25) is 5.91 Å². The van der Waals surface area contributed by atoms with E-state index in [0.29, 0.717) is 17.1 Å². The van der Waals surface area contributed by atoms with E-state index in [1.54, 1.807) is 59.3 Å². The molecule has 6 nitrogen and oxygen atoms in total. The van der Waals surface area contributed by atoms with Crippen molar-refractivity contribution in [3.63, 3.8) is 0 Å². The van der Waals surface area contributed by atoms with Crippen LogP contribution in [-0.4, -0.2) is 26.0 Å². The summed E-state index contributed by atoms with van der Waals surface area (Å²) in [6, 6.07) is 14.7. The molecule has 6 heteroatoms. The van der Waals surface area contributed by atoms with Gasteiger partial charge in [0.25, 0.3) is 5.91 Å². The summed E-state index contributed by atoms with van der Waals surface area (Å²) in [6.07, 6.45) is 1.62. The van der Waals surface area contributed by atoms with Gasteiger partial charge in [-0.15, -0.1) is 0 Å². The van der Waals surface area contributed by atoms with Crippen LogP contribution in [0.5, 0.6) is 11.5 Å². The Bertz CT molecular complexity index is 915. The maximum absolute atomic E-state index is 13.0. The van der Waals surface area contributed by atoms with E-state index in [9.17, 15) is 9.59 Å². The molecule has 0 aliphatic heterocycles. The fourth-order valence-corrected chi connectivity index (χ4v) is 2.68. The molecule has 0 spiro atoms. The van der Waals surface area contributed by atoms with Crippen LogP contribution < -0.4 is 20.1 Å². The van der Waals surface area contributed by atoms with Crippen LogP contribution in [0.25, 0.3) is 6.08 Å². The van der Waals surface area contributed by atoms with Gasteiger partial charge < -0.3 is 20.1 Å². The van der Waals surface area contributed by atoms with Crippen LogP contribution in [0.15, 0.2) is 54.2 Å². The Morgan fingerprint density at radius 3 is 2.17 bits per heavy atom. The summed E-state index contributed by atoms with van der Waals surface area (Å²) in [5.74, 6) is 0.485. The lowest BCUT2D eigenvalue weighted by atomic mass is 9.95. The zero-order valence-corrected chi connectivity index (χ0v) is 18.4. The smallest absolute Gasteiger partial charge is 0.268 e. The largest absolute Gasteiger partial charge is 0.493 e. The number of nitrogens with one attached hydrogen (secondary N) is 2. The lowest BCUT2D eigenvalue weighted by Gasteiger charge is -2.21. The first-order valence-corrected chi connectivity index (χ1v) is 9.76. The van der Waals surface area contributed by atoms with Crippen LogP contribution in [0.4, 0.5) is 0 Å². The van der Waals surface area contributed by atoms with E-state index in [2.05, 4.69) is 10.6 Å². The second kappa shape index (κ2) is 9.96. The third-order valence-corrected chi connectivity index (χ3v) is 4.54. The SMILES string of the molecule is COc1ccc(/C=C(\NC(=O)C(C)(C)C)C(=O)NC(C)c2ccccc2)cc1OC. The molecular weight excluding hydrogens is 380 g/mol. The van der Waals surface area contributed by atoms with E-state index in [1.165, 1.54) is 0 Å². The normalized spacial score (nSPS) is 12.7. The van der Waals surface area contributed by atoms with E-state index in [4.69, 9.17) is 9.47 Å². The molecule has 0 fully saturated rings. The second-order valence-electron chi connectivity index (χ2n) is 7.98. The van der Waals surface area contributed by atoms with Gasteiger partial charge in [0.1, 0.15) is 5.70 Å². The van der Waals surface area contributed by atoms with Gasteiger partial charge in [0.15, 0.2) is 11.5 Å². The molecule has 0 radical (unpaired) electrons. The summed E-state index contributed by atoms with van der Waals surface area (Å²) in [7, 11) is 3.10. The van der Waals surface area contributed by atoms with Crippen molar-refractivity contribution in [1.29, 1.82) is 0 Å². The number of hydrogen-bond donors (Lipinski definition) is 2. The van der Waals surface area contributed by atoms with Crippen molar-refractivity contribution in [2.75, 3.05) is 14.2 Å². The molecule has 160 valence electrons. The lowest BCUT2D eigenvalue weighted by Crippen LogP contribution is -2.40. The minimum Gasteiger partial charge on any atom is -0.493 e. The average Bonchev–Trinajstić information content (AvgIpc) is 2.72. The van der Waals surface area contributed by atoms with Gasteiger partial charge in [-0.2, -0.15) is 0 Å². The van der Waals surface area contributed by atoms with Crippen LogP contribution >= 0.6 is 0 Å². The van der Waals surface area contributed by atoms with Crippen LogP contribution in [-0.2, 0) is 9.59 Å². The average molecular weight is 411 g/mol. The number of rotatable bonds is 7. The molecule has 0 aliphatic carbocycles. The number of amides is 2. The maximum Gasteiger partial charge on any atom is 0.268 e. The maximum atomic E-state index is 13.0. The molecule has 30 heavy (non-hydrogen) atoms. The number of benzene rings is 2. The third kappa shape index (κ3) is 6.11. The quantitative estimate of drug-likeness (QED) is 0.674. The Hall–Kier alpha value is -3.28. The van der Waals surface area contributed by atoms with E-state index in [0.717, 1.165) is 5.56 Å². The molecule has 0 bridgehead atoms. The Balaban J connectivity index is 2.35. The van der Waals surface area contributed by atoms with Crippen molar-refractivity contribution in [2.45, 2.75) is 33.7 Å². The summed E-state index contributed by atoms with van der Waals surface area (Å²) < 4.78 is 10.6. The molecule has 2 amide bonds. The summed E-state index contributed by atoms with van der Waals surface area (Å²) >= 11 is 0. The monoisotopic (exact) mass is 410 g/mol. The Morgan fingerprint density at radius 1 is 0.967 bits per heavy atom. The van der Waals surface area contributed by atoms with Gasteiger partial charge >= 0.3 is 0 Å². The summed E-state index contributed by atoms with van der Waals surface area (Å²) in [5.41, 5.74) is 1.17. The van der Waals surface area contributed by atoms with Crippen molar-refractivity contribution >= 4 is 17.9 Å². The van der Waals surface area contributed by atoms with E-state index in [1.807, 2.05) is 37.3 Å². The standard InChI is InChI=1S/C24H30N2O4/c1-16(18-10-8-7-9-11-18)25-22(27)19(26-23(28)24(2,3)4)14-17-12-13-20(29-5)21(15-17)30-6/h7-16H,1-6H3,(H,25,27)(H,26,28)/b19-14-. The molecule has 0 aromatic heterocycles. The first-order chi connectivity index (χ1) is 14.2. The first-order valence-electron chi connectivity index (χ1n) is 9.76. The Kier molecular flexibility index (Phi) is 7.64. The van der Waals surface area contributed by atoms with Crippen LogP contribution in [0.1, 0.15) is 44.9 Å². The number of carbonyl (C=O) groups is 2. The molecule has 1 atom stereocenters. The zero-order valence-electron chi connectivity index (χ0n) is 18.4. The second-order valence-corrected chi connectivity index (χ2v) is 7.98. The van der Waals surface area contributed by atoms with Gasteiger partial charge in [-0.05, 0) is 36.3 Å². The highest BCUT2D eigenvalue weighted by Gasteiger charge is 2.25. The molecule has 2 aromatic rings. The van der Waals surface area contributed by atoms with Crippen LogP contribution in [0, 0.1) is 5.41 Å². The third-order valence-electron chi connectivity index (χ3n) is 4.54. The molecule has 1 unspecified atom stereocenters. The van der Waals surface area contributed by atoms with Crippen LogP contribution in [0.2, 0.25) is 0 Å². The summed E-state index contributed by atoms with van der Waals surface area (Å²) in [6.45, 7) is 7.27. The Morgan fingerprint density at radius 2 is 1.60 bits per heavy atom. The van der Waals surface area contributed by atoms with E-state index < -0.39 is 5.41 Å². The number of ether oxygens (including phenoxy) is 2. The van der Waals surface area contributed by atoms with Crippen LogP contribution in [0.3, 0.4) is 0 Å². The molecule has 2 N–H and O–H groups in total. The highest BCUT2D eigenvalue weighted by molar-refractivity contribution is 6.02. The molecule has 0 saturated heterocycles. The zero-order chi connectivity index (χ0) is 22.3. The van der Waals surface area contributed by atoms with Crippen molar-refractivity contribution in [3.05, 3.63) is 65.4 Å². The molecule has 0 aliphatic rings. The van der Waals surface area contributed by atoms with Crippen molar-refractivity contribution < 1.29 is 19.1 Å². The minimum atomic E-state index is -0.651. The lowest BCUT2D eigenvalue weighted by molar-refractivity contribution is -0.129. The summed E-state index contributed by atoms with van der Waals surface area (Å²) in [4.78, 5) is 25.6. The Labute approximate surface area is 178 Å². The van der Waals surface area contributed by atoms with Gasteiger partial charge in [-0.1, -0.05) is 57.2 Å². The highest BCUT2D eigenvalue weighted by Crippen LogP contribution is 2.28. The van der Waals surface area contributed by atoms with Gasteiger partial charge in [-0.25, -0.2) is 0 Å². The van der Waals surface area contributed by atoms with E-state index >= 15 is 0 Å². The minimum absolute atomic E-state index is 0.157. The van der Waals surface area contributed by atoms with Crippen molar-refractivity contribution in [3.8, 4) is 11.5 Å². The predicted octanol–water partition coefficient (Wildman–Crippen LogP) is 4.08. The van der Waals surface area contributed by atoms with Crippen molar-refractivity contribution in [1.82, 2.24) is 10.6 Å². The number of carbonyl (C=O) groups excluding carboxylic acids is 2.